The van der Waals surface area contributed by atoms with E-state index in [9.17, 15) is 9.59 Å². The third-order valence-corrected chi connectivity index (χ3v) is 9.16. The number of pyridine rings is 1. The molecule has 1 aliphatic carbocycles. The number of nitrogens with zero attached hydrogens (tertiary/aromatic N) is 3. The van der Waals surface area contributed by atoms with Crippen LogP contribution in [0, 0.1) is 11.3 Å². The summed E-state index contributed by atoms with van der Waals surface area (Å²) in [4.78, 5) is 36.1. The first-order valence-corrected chi connectivity index (χ1v) is 13.8. The second-order valence-electron chi connectivity index (χ2n) is 10.3. The van der Waals surface area contributed by atoms with E-state index >= 15 is 0 Å². The van der Waals surface area contributed by atoms with Crippen LogP contribution in [0.15, 0.2) is 42.0 Å². The average Bonchev–Trinajstić information content (AvgIpc) is 3.64. The van der Waals surface area contributed by atoms with Gasteiger partial charge in [-0.05, 0) is 74.7 Å². The van der Waals surface area contributed by atoms with Crippen molar-refractivity contribution in [2.45, 2.75) is 64.0 Å². The lowest BCUT2D eigenvalue weighted by Crippen LogP contribution is -2.45. The summed E-state index contributed by atoms with van der Waals surface area (Å²) in [5, 5.41) is 5.46. The minimum Gasteiger partial charge on any atom is -0.348 e. The van der Waals surface area contributed by atoms with Crippen LogP contribution < -0.4 is 5.32 Å². The summed E-state index contributed by atoms with van der Waals surface area (Å²) in [6.07, 6.45) is 11.8. The van der Waals surface area contributed by atoms with Gasteiger partial charge in [-0.3, -0.25) is 14.6 Å². The number of halogens is 2. The number of piperidine rings is 1. The van der Waals surface area contributed by atoms with Gasteiger partial charge in [-0.15, -0.1) is 36.2 Å². The van der Waals surface area contributed by atoms with E-state index in [1.807, 2.05) is 23.2 Å². The molecule has 9 heteroatoms. The van der Waals surface area contributed by atoms with Crippen molar-refractivity contribution < 1.29 is 9.59 Å². The summed E-state index contributed by atoms with van der Waals surface area (Å²) >= 11 is 1.73. The lowest BCUT2D eigenvalue weighted by molar-refractivity contribution is -0.139. The second kappa shape index (κ2) is 13.2. The van der Waals surface area contributed by atoms with Crippen LogP contribution in [-0.2, 0) is 16.1 Å². The molecule has 5 rings (SSSR count). The molecule has 2 saturated heterocycles. The Morgan fingerprint density at radius 1 is 1.11 bits per heavy atom. The number of nitrogens with one attached hydrogen (secondary N) is 1. The van der Waals surface area contributed by atoms with Crippen molar-refractivity contribution >= 4 is 48.0 Å². The van der Waals surface area contributed by atoms with Crippen molar-refractivity contribution in [1.82, 2.24) is 20.1 Å². The van der Waals surface area contributed by atoms with Gasteiger partial charge in [-0.2, -0.15) is 0 Å². The van der Waals surface area contributed by atoms with E-state index in [1.165, 1.54) is 17.7 Å². The predicted molar refractivity (Wildman–Crippen MR) is 149 cm³/mol. The number of thiophene rings is 1. The number of hydrogen-bond acceptors (Lipinski definition) is 5. The molecule has 2 aromatic rings. The van der Waals surface area contributed by atoms with Gasteiger partial charge in [0, 0.05) is 42.8 Å². The third kappa shape index (κ3) is 6.60. The Kier molecular flexibility index (Phi) is 10.6. The zero-order chi connectivity index (χ0) is 23.4. The molecular weight excluding hydrogens is 515 g/mol. The van der Waals surface area contributed by atoms with E-state index < -0.39 is 0 Å². The molecule has 1 atom stereocenters. The highest BCUT2D eigenvalue weighted by atomic mass is 35.5. The molecule has 0 bridgehead atoms. The maximum Gasteiger partial charge on any atom is 0.229 e. The fraction of sp³-hybridized carbons (Fsp3) is 0.593. The van der Waals surface area contributed by atoms with Gasteiger partial charge in [0.2, 0.25) is 11.8 Å². The van der Waals surface area contributed by atoms with Crippen LogP contribution in [0.1, 0.15) is 67.8 Å². The topological polar surface area (TPSA) is 65.5 Å². The van der Waals surface area contributed by atoms with Gasteiger partial charge in [0.15, 0.2) is 0 Å². The number of aromatic nitrogens is 1. The van der Waals surface area contributed by atoms with Crippen LogP contribution in [0.5, 0.6) is 0 Å². The zero-order valence-electron chi connectivity index (χ0n) is 20.8. The predicted octanol–water partition coefficient (Wildman–Crippen LogP) is 5.24. The van der Waals surface area contributed by atoms with E-state index in [4.69, 9.17) is 0 Å². The van der Waals surface area contributed by atoms with Crippen LogP contribution in [0.3, 0.4) is 0 Å². The first kappa shape index (κ1) is 28.9. The summed E-state index contributed by atoms with van der Waals surface area (Å²) in [5.74, 6) is 0.760. The molecule has 2 aliphatic heterocycles. The van der Waals surface area contributed by atoms with Crippen molar-refractivity contribution in [3.8, 4) is 0 Å². The number of carbonyl (C=O) groups excluding carboxylic acids is 2. The highest BCUT2D eigenvalue weighted by molar-refractivity contribution is 7.10. The third-order valence-electron chi connectivity index (χ3n) is 8.17. The van der Waals surface area contributed by atoms with Crippen molar-refractivity contribution in [1.29, 1.82) is 0 Å². The Morgan fingerprint density at radius 2 is 1.86 bits per heavy atom. The lowest BCUT2D eigenvalue weighted by Gasteiger charge is -2.38. The van der Waals surface area contributed by atoms with E-state index in [0.717, 1.165) is 70.3 Å². The molecule has 0 aromatic carbocycles. The van der Waals surface area contributed by atoms with Gasteiger partial charge in [-0.1, -0.05) is 25.0 Å². The fourth-order valence-electron chi connectivity index (χ4n) is 5.99. The van der Waals surface area contributed by atoms with Crippen LogP contribution >= 0.6 is 36.2 Å². The molecule has 6 nitrogen and oxygen atoms in total. The Bertz CT molecular complexity index is 961. The molecule has 1 unspecified atom stereocenters. The quantitative estimate of drug-likeness (QED) is 0.486. The summed E-state index contributed by atoms with van der Waals surface area (Å²) in [6, 6.07) is 8.28. The molecule has 2 amide bonds. The van der Waals surface area contributed by atoms with Crippen molar-refractivity contribution in [2.24, 2.45) is 11.3 Å². The zero-order valence-corrected chi connectivity index (χ0v) is 23.2. The van der Waals surface area contributed by atoms with Crippen molar-refractivity contribution in [3.05, 3.63) is 52.5 Å². The van der Waals surface area contributed by atoms with Gasteiger partial charge in [-0.25, -0.2) is 0 Å². The van der Waals surface area contributed by atoms with Gasteiger partial charge in [0.1, 0.15) is 0 Å². The summed E-state index contributed by atoms with van der Waals surface area (Å²) < 4.78 is 0. The van der Waals surface area contributed by atoms with Gasteiger partial charge >= 0.3 is 0 Å². The minimum absolute atomic E-state index is 0. The number of carbonyl (C=O) groups is 2. The molecule has 1 saturated carbocycles. The standard InChI is InChI=1S/C27H36N4O2S.2ClH/c32-25(22-6-1-2-7-22)29-23(24-8-4-18-34-24)9-14-30-15-10-27(11-16-30)12-17-31(26(27)33)20-21-5-3-13-28-19-21;;/h3-5,8,13,18-19,22-23H,1-2,6-7,9-12,14-17,20H2,(H,29,32);2*1H. The number of likely N-dealkylation sites (tertiary alicyclic amines) is 2. The molecular formula is C27H38Cl2N4O2S. The number of hydrogen-bond donors (Lipinski definition) is 1. The van der Waals surface area contributed by atoms with E-state index in [1.54, 1.807) is 17.5 Å². The first-order valence-electron chi connectivity index (χ1n) is 12.9. The van der Waals surface area contributed by atoms with Crippen molar-refractivity contribution in [3.63, 3.8) is 0 Å². The molecule has 4 heterocycles. The van der Waals surface area contributed by atoms with Gasteiger partial charge in [0.05, 0.1) is 11.5 Å². The Hall–Kier alpha value is -1.67. The molecule has 2 aromatic heterocycles. The Morgan fingerprint density at radius 3 is 2.53 bits per heavy atom. The summed E-state index contributed by atoms with van der Waals surface area (Å²) in [5.41, 5.74) is 0.923. The molecule has 3 fully saturated rings. The van der Waals surface area contributed by atoms with Crippen LogP contribution in [-0.4, -0.2) is 52.8 Å². The van der Waals surface area contributed by atoms with E-state index in [-0.39, 0.29) is 48.1 Å². The van der Waals surface area contributed by atoms with Crippen LogP contribution in [0.2, 0.25) is 0 Å². The van der Waals surface area contributed by atoms with E-state index in [2.05, 4.69) is 32.7 Å². The molecule has 198 valence electrons. The highest BCUT2D eigenvalue weighted by Crippen LogP contribution is 2.42. The number of rotatable bonds is 8. The van der Waals surface area contributed by atoms with Crippen LogP contribution in [0.4, 0.5) is 0 Å². The average molecular weight is 554 g/mol. The van der Waals surface area contributed by atoms with Crippen LogP contribution in [0.25, 0.3) is 0 Å². The minimum atomic E-state index is -0.178. The first-order chi connectivity index (χ1) is 16.6. The second-order valence-corrected chi connectivity index (χ2v) is 11.3. The summed E-state index contributed by atoms with van der Waals surface area (Å²) in [6.45, 7) is 4.39. The maximum atomic E-state index is 13.3. The van der Waals surface area contributed by atoms with Crippen molar-refractivity contribution in [2.75, 3.05) is 26.2 Å². The summed E-state index contributed by atoms with van der Waals surface area (Å²) in [7, 11) is 0. The normalized spacial score (nSPS) is 20.7. The smallest absolute Gasteiger partial charge is 0.229 e. The molecule has 1 spiro atoms. The fourth-order valence-corrected chi connectivity index (χ4v) is 6.80. The largest absolute Gasteiger partial charge is 0.348 e. The number of amides is 2. The lowest BCUT2D eigenvalue weighted by atomic mass is 9.77. The Labute approximate surface area is 231 Å². The SMILES string of the molecule is Cl.Cl.O=C(NC(CCN1CCC2(CC1)CCN(Cc1cccnc1)C2=O)c1cccs1)C1CCCC1. The molecule has 1 N–H and O–H groups in total. The monoisotopic (exact) mass is 552 g/mol. The molecule has 36 heavy (non-hydrogen) atoms. The highest BCUT2D eigenvalue weighted by Gasteiger charge is 2.47. The molecule has 0 radical (unpaired) electrons. The van der Waals surface area contributed by atoms with Gasteiger partial charge < -0.3 is 15.1 Å². The van der Waals surface area contributed by atoms with Gasteiger partial charge in [0.25, 0.3) is 0 Å². The molecule has 3 aliphatic rings. The maximum absolute atomic E-state index is 13.3. The Balaban J connectivity index is 0.00000180. The van der Waals surface area contributed by atoms with E-state index in [0.29, 0.717) is 12.5 Å².